The van der Waals surface area contributed by atoms with E-state index >= 15 is 0 Å². The Morgan fingerprint density at radius 1 is 1.67 bits per heavy atom. The van der Waals surface area contributed by atoms with Crippen LogP contribution in [0.1, 0.15) is 19.8 Å². The minimum atomic E-state index is -0.580. The molecule has 1 unspecified atom stereocenters. The predicted octanol–water partition coefficient (Wildman–Crippen LogP) is 1.36. The lowest BCUT2D eigenvalue weighted by atomic mass is 9.76. The van der Waals surface area contributed by atoms with Gasteiger partial charge in [0.15, 0.2) is 0 Å². The van der Waals surface area contributed by atoms with E-state index in [1.165, 1.54) is 0 Å². The molecule has 0 heterocycles. The van der Waals surface area contributed by atoms with Crippen LogP contribution in [0.25, 0.3) is 0 Å². The first-order valence-electron chi connectivity index (χ1n) is 3.49. The Kier molecular flexibility index (Phi) is 2.06. The zero-order valence-electron chi connectivity index (χ0n) is 5.68. The molecule has 2 heteroatoms. The van der Waals surface area contributed by atoms with E-state index in [0.717, 1.165) is 0 Å². The third kappa shape index (κ3) is 1.42. The summed E-state index contributed by atoms with van der Waals surface area (Å²) in [6.07, 6.45) is 0.757. The van der Waals surface area contributed by atoms with Crippen molar-refractivity contribution in [1.29, 1.82) is 0 Å². The molecular weight excluding hydrogens is 119 g/mol. The van der Waals surface area contributed by atoms with Gasteiger partial charge in [-0.3, -0.25) is 0 Å². The molecule has 1 fully saturated rings. The third-order valence-electron chi connectivity index (χ3n) is 2.21. The highest BCUT2D eigenvalue weighted by molar-refractivity contribution is 4.82. The van der Waals surface area contributed by atoms with E-state index in [2.05, 4.69) is 0 Å². The van der Waals surface area contributed by atoms with Crippen LogP contribution in [-0.4, -0.2) is 17.9 Å². The molecule has 9 heavy (non-hydrogen) atoms. The van der Waals surface area contributed by atoms with Gasteiger partial charge in [0.25, 0.3) is 0 Å². The Labute approximate surface area is 54.9 Å². The second kappa shape index (κ2) is 2.65. The van der Waals surface area contributed by atoms with Gasteiger partial charge >= 0.3 is 0 Å². The standard InChI is InChI=1S/C7H13FO/c1-5(4-9)6-2-7(8)3-6/h5-7,9H,2-4H2,1H3. The van der Waals surface area contributed by atoms with Crippen molar-refractivity contribution in [3.8, 4) is 0 Å². The zero-order chi connectivity index (χ0) is 6.85. The number of aliphatic hydroxyl groups is 1. The van der Waals surface area contributed by atoms with Crippen LogP contribution in [0, 0.1) is 11.8 Å². The number of rotatable bonds is 2. The molecule has 0 radical (unpaired) electrons. The van der Waals surface area contributed by atoms with Gasteiger partial charge in [-0.1, -0.05) is 6.92 Å². The van der Waals surface area contributed by atoms with E-state index in [0.29, 0.717) is 24.7 Å². The largest absolute Gasteiger partial charge is 0.396 e. The van der Waals surface area contributed by atoms with Gasteiger partial charge in [0, 0.05) is 6.61 Å². The van der Waals surface area contributed by atoms with Crippen molar-refractivity contribution in [3.05, 3.63) is 0 Å². The Morgan fingerprint density at radius 3 is 2.56 bits per heavy atom. The molecule has 0 spiro atoms. The maximum atomic E-state index is 12.2. The van der Waals surface area contributed by atoms with Crippen molar-refractivity contribution in [2.24, 2.45) is 11.8 Å². The second-order valence-electron chi connectivity index (χ2n) is 2.99. The van der Waals surface area contributed by atoms with Crippen LogP contribution in [0.2, 0.25) is 0 Å². The lowest BCUT2D eigenvalue weighted by Gasteiger charge is -2.33. The Hall–Kier alpha value is -0.110. The summed E-state index contributed by atoms with van der Waals surface area (Å²) in [6, 6.07) is 0. The van der Waals surface area contributed by atoms with Crippen LogP contribution in [0.4, 0.5) is 4.39 Å². The molecule has 1 aliphatic rings. The van der Waals surface area contributed by atoms with Crippen molar-refractivity contribution in [1.82, 2.24) is 0 Å². The lowest BCUT2D eigenvalue weighted by Crippen LogP contribution is -2.31. The molecule has 0 aromatic rings. The van der Waals surface area contributed by atoms with E-state index in [1.54, 1.807) is 0 Å². The summed E-state index contributed by atoms with van der Waals surface area (Å²) in [7, 11) is 0. The number of hydrogen-bond acceptors (Lipinski definition) is 1. The van der Waals surface area contributed by atoms with Crippen LogP contribution in [-0.2, 0) is 0 Å². The molecule has 0 amide bonds. The monoisotopic (exact) mass is 132 g/mol. The van der Waals surface area contributed by atoms with Crippen LogP contribution in [0.5, 0.6) is 0 Å². The molecule has 1 atom stereocenters. The quantitative estimate of drug-likeness (QED) is 0.601. The maximum Gasteiger partial charge on any atom is 0.101 e. The summed E-state index contributed by atoms with van der Waals surface area (Å²) in [5, 5.41) is 8.63. The molecule has 0 saturated heterocycles. The van der Waals surface area contributed by atoms with E-state index in [9.17, 15) is 4.39 Å². The van der Waals surface area contributed by atoms with Crippen LogP contribution >= 0.6 is 0 Å². The Morgan fingerprint density at radius 2 is 2.22 bits per heavy atom. The molecule has 0 aliphatic heterocycles. The molecule has 0 aromatic carbocycles. The van der Waals surface area contributed by atoms with Gasteiger partial charge in [0.2, 0.25) is 0 Å². The molecular formula is C7H13FO. The lowest BCUT2D eigenvalue weighted by molar-refractivity contribution is 0.0618. The SMILES string of the molecule is CC(CO)C1CC(F)C1. The highest BCUT2D eigenvalue weighted by Crippen LogP contribution is 2.35. The van der Waals surface area contributed by atoms with Gasteiger partial charge < -0.3 is 5.11 Å². The number of hydrogen-bond donors (Lipinski definition) is 1. The Bertz CT molecular complexity index is 88.9. The topological polar surface area (TPSA) is 20.2 Å². The molecule has 1 rings (SSSR count). The summed E-state index contributed by atoms with van der Waals surface area (Å²) >= 11 is 0. The number of alkyl halides is 1. The highest BCUT2D eigenvalue weighted by atomic mass is 19.1. The summed E-state index contributed by atoms with van der Waals surface area (Å²) in [6.45, 7) is 2.17. The number of halogens is 1. The normalized spacial score (nSPS) is 37.7. The summed E-state index contributed by atoms with van der Waals surface area (Å²) in [4.78, 5) is 0. The first-order valence-corrected chi connectivity index (χ1v) is 3.49. The van der Waals surface area contributed by atoms with Gasteiger partial charge in [0.1, 0.15) is 6.17 Å². The molecule has 0 aromatic heterocycles. The molecule has 1 N–H and O–H groups in total. The minimum absolute atomic E-state index is 0.206. The molecule has 1 aliphatic carbocycles. The van der Waals surface area contributed by atoms with E-state index in [4.69, 9.17) is 5.11 Å². The first-order chi connectivity index (χ1) is 4.24. The second-order valence-corrected chi connectivity index (χ2v) is 2.99. The average molecular weight is 132 g/mol. The fourth-order valence-corrected chi connectivity index (χ4v) is 1.20. The Balaban J connectivity index is 2.15. The van der Waals surface area contributed by atoms with Crippen LogP contribution in [0.3, 0.4) is 0 Å². The van der Waals surface area contributed by atoms with Crippen LogP contribution in [0.15, 0.2) is 0 Å². The van der Waals surface area contributed by atoms with E-state index < -0.39 is 6.17 Å². The summed E-state index contributed by atoms with van der Waals surface area (Å²) in [5.41, 5.74) is 0. The van der Waals surface area contributed by atoms with Gasteiger partial charge in [-0.2, -0.15) is 0 Å². The molecule has 1 nitrogen and oxygen atoms in total. The van der Waals surface area contributed by atoms with Gasteiger partial charge in [-0.05, 0) is 24.7 Å². The van der Waals surface area contributed by atoms with Gasteiger partial charge in [-0.25, -0.2) is 4.39 Å². The van der Waals surface area contributed by atoms with Crippen molar-refractivity contribution >= 4 is 0 Å². The summed E-state index contributed by atoms with van der Waals surface area (Å²) in [5.74, 6) is 0.752. The third-order valence-corrected chi connectivity index (χ3v) is 2.21. The van der Waals surface area contributed by atoms with E-state index in [-0.39, 0.29) is 6.61 Å². The molecule has 1 saturated carbocycles. The zero-order valence-corrected chi connectivity index (χ0v) is 5.68. The van der Waals surface area contributed by atoms with Crippen LogP contribution < -0.4 is 0 Å². The summed E-state index contributed by atoms with van der Waals surface area (Å²) < 4.78 is 12.2. The smallest absolute Gasteiger partial charge is 0.101 e. The van der Waals surface area contributed by atoms with Crippen molar-refractivity contribution < 1.29 is 9.50 Å². The van der Waals surface area contributed by atoms with Crippen molar-refractivity contribution in [2.45, 2.75) is 25.9 Å². The fourth-order valence-electron chi connectivity index (χ4n) is 1.20. The average Bonchev–Trinajstić information content (AvgIpc) is 1.79. The minimum Gasteiger partial charge on any atom is -0.396 e. The van der Waals surface area contributed by atoms with E-state index in [1.807, 2.05) is 6.92 Å². The fraction of sp³-hybridized carbons (Fsp3) is 1.00. The molecule has 0 bridgehead atoms. The first kappa shape index (κ1) is 7.00. The van der Waals surface area contributed by atoms with Crippen molar-refractivity contribution in [2.75, 3.05) is 6.61 Å². The van der Waals surface area contributed by atoms with Gasteiger partial charge in [-0.15, -0.1) is 0 Å². The number of aliphatic hydroxyl groups excluding tert-OH is 1. The highest BCUT2D eigenvalue weighted by Gasteiger charge is 2.32. The molecule has 54 valence electrons. The predicted molar refractivity (Wildman–Crippen MR) is 33.9 cm³/mol. The van der Waals surface area contributed by atoms with Gasteiger partial charge in [0.05, 0.1) is 0 Å². The maximum absolute atomic E-state index is 12.2. The van der Waals surface area contributed by atoms with Crippen molar-refractivity contribution in [3.63, 3.8) is 0 Å².